The van der Waals surface area contributed by atoms with E-state index in [4.69, 9.17) is 23.8 Å². The van der Waals surface area contributed by atoms with E-state index in [1.165, 1.54) is 6.07 Å². The Balaban J connectivity index is 1.39. The van der Waals surface area contributed by atoms with E-state index in [1.54, 1.807) is 12.1 Å². The second-order valence-corrected chi connectivity index (χ2v) is 9.85. The van der Waals surface area contributed by atoms with Crippen molar-refractivity contribution < 1.29 is 14.3 Å². The molecule has 160 valence electrons. The van der Waals surface area contributed by atoms with Gasteiger partial charge in [0.2, 0.25) is 5.91 Å². The number of carbonyl (C=O) groups excluding carboxylic acids is 1. The van der Waals surface area contributed by atoms with E-state index in [0.29, 0.717) is 21.9 Å². The Labute approximate surface area is 184 Å². The molecular weight excluding hydrogens is 425 g/mol. The lowest BCUT2D eigenvalue weighted by atomic mass is 9.93. The van der Waals surface area contributed by atoms with Crippen LogP contribution in [0.3, 0.4) is 0 Å². The molecule has 1 aromatic carbocycles. The van der Waals surface area contributed by atoms with Gasteiger partial charge in [0.25, 0.3) is 0 Å². The number of carbonyl (C=O) groups is 1. The van der Waals surface area contributed by atoms with E-state index in [1.807, 2.05) is 11.6 Å². The average Bonchev–Trinajstić information content (AvgIpc) is 3.27. The van der Waals surface area contributed by atoms with Crippen molar-refractivity contribution in [2.75, 3.05) is 0 Å². The number of hydrogen-bond donors (Lipinski definition) is 2. The predicted molar refractivity (Wildman–Crippen MR) is 115 cm³/mol. The van der Waals surface area contributed by atoms with Crippen molar-refractivity contribution in [1.82, 2.24) is 14.5 Å². The summed E-state index contributed by atoms with van der Waals surface area (Å²) < 4.78 is 19.3. The molecule has 0 unspecified atom stereocenters. The molecule has 2 aromatic rings. The van der Waals surface area contributed by atoms with Crippen LogP contribution in [-0.2, 0) is 30.2 Å². The largest absolute Gasteiger partial charge is 0.393 e. The van der Waals surface area contributed by atoms with Gasteiger partial charge in [0.05, 0.1) is 12.5 Å². The number of aliphatic hydroxyl groups excluding tert-OH is 1. The van der Waals surface area contributed by atoms with Crippen molar-refractivity contribution in [3.8, 4) is 0 Å². The van der Waals surface area contributed by atoms with Crippen molar-refractivity contribution in [1.29, 1.82) is 0 Å². The molecule has 1 aliphatic heterocycles. The molecule has 30 heavy (non-hydrogen) atoms. The Bertz CT molecular complexity index is 1090. The highest BCUT2D eigenvalue weighted by Crippen LogP contribution is 2.66. The lowest BCUT2D eigenvalue weighted by Gasteiger charge is -2.26. The minimum absolute atomic E-state index is 0.0255. The summed E-state index contributed by atoms with van der Waals surface area (Å²) in [5, 5.41) is 13.3. The predicted octanol–water partition coefficient (Wildman–Crippen LogP) is 3.75. The molecule has 2 saturated carbocycles. The maximum absolute atomic E-state index is 14.6. The fourth-order valence-corrected chi connectivity index (χ4v) is 5.96. The van der Waals surface area contributed by atoms with E-state index < -0.39 is 0 Å². The minimum atomic E-state index is -0.309. The molecule has 8 heteroatoms. The number of rotatable bonds is 4. The number of aliphatic hydroxyl groups is 1. The molecule has 0 spiro atoms. The number of imidazole rings is 1. The summed E-state index contributed by atoms with van der Waals surface area (Å²) in [6.07, 6.45) is 3.92. The summed E-state index contributed by atoms with van der Waals surface area (Å²) in [6, 6.07) is 4.85. The number of benzene rings is 1. The van der Waals surface area contributed by atoms with Gasteiger partial charge in [0, 0.05) is 47.4 Å². The third-order valence-corrected chi connectivity index (χ3v) is 7.94. The van der Waals surface area contributed by atoms with Crippen LogP contribution < -0.4 is 5.32 Å². The number of amides is 1. The fraction of sp³-hybridized carbons (Fsp3) is 0.545. The Kier molecular flexibility index (Phi) is 4.84. The van der Waals surface area contributed by atoms with Gasteiger partial charge in [-0.2, -0.15) is 0 Å². The summed E-state index contributed by atoms with van der Waals surface area (Å²) in [6.45, 7) is 0.624. The number of hydrogen-bond acceptors (Lipinski definition) is 3. The molecular formula is C22H25ClFN3O2S. The monoisotopic (exact) mass is 449 g/mol. The second kappa shape index (κ2) is 7.18. The summed E-state index contributed by atoms with van der Waals surface area (Å²) >= 11 is 11.8. The number of aromatic nitrogens is 2. The van der Waals surface area contributed by atoms with Crippen LogP contribution in [0, 0.1) is 10.6 Å². The molecule has 0 bridgehead atoms. The van der Waals surface area contributed by atoms with Gasteiger partial charge in [-0.25, -0.2) is 4.39 Å². The molecule has 2 heterocycles. The summed E-state index contributed by atoms with van der Waals surface area (Å²) in [7, 11) is 1.90. The molecule has 0 radical (unpaired) electrons. The third-order valence-electron chi connectivity index (χ3n) is 7.21. The van der Waals surface area contributed by atoms with Gasteiger partial charge in [-0.05, 0) is 68.1 Å². The Hall–Kier alpha value is -1.70. The van der Waals surface area contributed by atoms with E-state index in [-0.39, 0.29) is 41.6 Å². The van der Waals surface area contributed by atoms with Crippen LogP contribution in [0.2, 0.25) is 5.02 Å². The minimum Gasteiger partial charge on any atom is -0.393 e. The van der Waals surface area contributed by atoms with Gasteiger partial charge >= 0.3 is 0 Å². The van der Waals surface area contributed by atoms with Gasteiger partial charge < -0.3 is 19.6 Å². The van der Waals surface area contributed by atoms with Crippen LogP contribution in [0.1, 0.15) is 55.0 Å². The molecule has 5 nitrogen and oxygen atoms in total. The first-order valence-corrected chi connectivity index (χ1v) is 11.3. The number of fused-ring (bicyclic) bond motifs is 3. The molecule has 5 rings (SSSR count). The zero-order valence-electron chi connectivity index (χ0n) is 16.8. The summed E-state index contributed by atoms with van der Waals surface area (Å²) in [5.74, 6) is -0.106. The molecule has 2 aliphatic carbocycles. The zero-order chi connectivity index (χ0) is 21.2. The van der Waals surface area contributed by atoms with Crippen molar-refractivity contribution in [2.24, 2.45) is 7.05 Å². The Morgan fingerprint density at radius 1 is 1.37 bits per heavy atom. The van der Waals surface area contributed by atoms with Crippen molar-refractivity contribution in [2.45, 2.75) is 68.5 Å². The SMILES string of the molecule is Cn1c(CC(=O)N[C@H]2CC[C@H](O)CC2)c2n(c1=S)C[C@@]1(c3cc(Cl)ccc3F)C[C@@H]21. The topological polar surface area (TPSA) is 59.2 Å². The van der Waals surface area contributed by atoms with Gasteiger partial charge in [-0.1, -0.05) is 11.6 Å². The maximum Gasteiger partial charge on any atom is 0.226 e. The molecule has 0 saturated heterocycles. The molecule has 2 N–H and O–H groups in total. The van der Waals surface area contributed by atoms with Gasteiger partial charge in [0.1, 0.15) is 5.82 Å². The van der Waals surface area contributed by atoms with Gasteiger partial charge in [-0.15, -0.1) is 0 Å². The van der Waals surface area contributed by atoms with Crippen molar-refractivity contribution >= 4 is 29.7 Å². The average molecular weight is 450 g/mol. The normalized spacial score (nSPS) is 29.4. The standard InChI is InChI=1S/C22H25ClFN3O2S/c1-26-18(9-19(29)25-13-3-5-14(28)6-4-13)20-16-10-22(16,11-27(20)21(26)30)15-8-12(23)2-7-17(15)24/h2,7-8,13-14,16,28H,3-6,9-11H2,1H3,(H,25,29)/t13-,14-,16-,22+/m0/s1. The van der Waals surface area contributed by atoms with E-state index in [9.17, 15) is 14.3 Å². The highest BCUT2D eigenvalue weighted by molar-refractivity contribution is 7.71. The zero-order valence-corrected chi connectivity index (χ0v) is 18.4. The lowest BCUT2D eigenvalue weighted by Crippen LogP contribution is -2.39. The molecule has 2 fully saturated rings. The highest BCUT2D eigenvalue weighted by atomic mass is 35.5. The van der Waals surface area contributed by atoms with Gasteiger partial charge in [-0.3, -0.25) is 4.79 Å². The van der Waals surface area contributed by atoms with Crippen LogP contribution in [-0.4, -0.2) is 32.3 Å². The summed E-state index contributed by atoms with van der Waals surface area (Å²) in [4.78, 5) is 12.8. The maximum atomic E-state index is 14.6. The van der Waals surface area contributed by atoms with E-state index in [0.717, 1.165) is 43.5 Å². The fourth-order valence-electron chi connectivity index (χ4n) is 5.51. The first kappa shape index (κ1) is 20.2. The molecule has 1 amide bonds. The first-order chi connectivity index (χ1) is 14.3. The van der Waals surface area contributed by atoms with Crippen molar-refractivity contribution in [3.05, 3.63) is 50.8 Å². The van der Waals surface area contributed by atoms with Crippen LogP contribution >= 0.6 is 23.8 Å². The summed E-state index contributed by atoms with van der Waals surface area (Å²) in [5.41, 5.74) is 2.32. The molecule has 2 atom stereocenters. The second-order valence-electron chi connectivity index (χ2n) is 9.05. The molecule has 1 aromatic heterocycles. The Morgan fingerprint density at radius 2 is 2.10 bits per heavy atom. The number of nitrogens with zero attached hydrogens (tertiary/aromatic N) is 2. The van der Waals surface area contributed by atoms with Crippen LogP contribution in [0.4, 0.5) is 4.39 Å². The lowest BCUT2D eigenvalue weighted by molar-refractivity contribution is -0.121. The Morgan fingerprint density at radius 3 is 2.83 bits per heavy atom. The quantitative estimate of drug-likeness (QED) is 0.699. The highest BCUT2D eigenvalue weighted by Gasteiger charge is 2.63. The van der Waals surface area contributed by atoms with Crippen molar-refractivity contribution in [3.63, 3.8) is 0 Å². The van der Waals surface area contributed by atoms with E-state index in [2.05, 4.69) is 9.88 Å². The first-order valence-electron chi connectivity index (χ1n) is 10.5. The van der Waals surface area contributed by atoms with Crippen LogP contribution in [0.5, 0.6) is 0 Å². The number of nitrogens with one attached hydrogen (secondary N) is 1. The number of halogens is 2. The van der Waals surface area contributed by atoms with Crippen LogP contribution in [0.25, 0.3) is 0 Å². The van der Waals surface area contributed by atoms with Gasteiger partial charge in [0.15, 0.2) is 4.77 Å². The van der Waals surface area contributed by atoms with Crippen LogP contribution in [0.15, 0.2) is 18.2 Å². The third kappa shape index (κ3) is 3.13. The smallest absolute Gasteiger partial charge is 0.226 e. The van der Waals surface area contributed by atoms with E-state index >= 15 is 0 Å². The molecule has 3 aliphatic rings.